The van der Waals surface area contributed by atoms with Crippen LogP contribution < -0.4 is 5.32 Å². The van der Waals surface area contributed by atoms with Crippen molar-refractivity contribution in [3.8, 4) is 0 Å². The van der Waals surface area contributed by atoms with Gasteiger partial charge in [0.2, 0.25) is 0 Å². The maximum absolute atomic E-state index is 12.3. The quantitative estimate of drug-likeness (QED) is 0.762. The fourth-order valence-corrected chi connectivity index (χ4v) is 3.31. The molecule has 0 radical (unpaired) electrons. The minimum Gasteiger partial charge on any atom is -0.376 e. The van der Waals surface area contributed by atoms with E-state index in [0.717, 1.165) is 42.7 Å². The lowest BCUT2D eigenvalue weighted by Gasteiger charge is -2.22. The second-order valence-electron chi connectivity index (χ2n) is 6.61. The maximum Gasteiger partial charge on any atom is 0.273 e. The molecular weight excluding hydrogens is 332 g/mol. The summed E-state index contributed by atoms with van der Waals surface area (Å²) < 4.78 is 13.0. The first-order valence-electron chi connectivity index (χ1n) is 8.98. The summed E-state index contributed by atoms with van der Waals surface area (Å²) in [6.07, 6.45) is 3.32. The van der Waals surface area contributed by atoms with Gasteiger partial charge in [-0.05, 0) is 38.3 Å². The van der Waals surface area contributed by atoms with Crippen LogP contribution in [0, 0.1) is 6.92 Å². The number of carbonyl (C=O) groups is 1. The zero-order chi connectivity index (χ0) is 17.9. The summed E-state index contributed by atoms with van der Waals surface area (Å²) >= 11 is 0. The Kier molecular flexibility index (Phi) is 4.71. The number of aryl methyl sites for hydroxylation is 1. The van der Waals surface area contributed by atoms with Gasteiger partial charge in [0.05, 0.1) is 23.7 Å². The molecule has 0 unspecified atom stereocenters. The minimum atomic E-state index is -0.235. The van der Waals surface area contributed by atoms with Crippen LogP contribution in [0.25, 0.3) is 11.0 Å². The van der Waals surface area contributed by atoms with Crippen LogP contribution in [0.15, 0.2) is 34.9 Å². The Hall–Kier alpha value is -2.67. The van der Waals surface area contributed by atoms with E-state index < -0.39 is 0 Å². The van der Waals surface area contributed by atoms with Crippen molar-refractivity contribution in [2.45, 2.75) is 38.8 Å². The van der Waals surface area contributed by atoms with E-state index in [9.17, 15) is 4.79 Å². The van der Waals surface area contributed by atoms with Gasteiger partial charge in [0.15, 0.2) is 11.5 Å². The Bertz CT molecular complexity index is 909. The standard InChI is InChI=1S/C19H22N4O3/c1-13-21-16-7-2-3-8-18(16)23(13)12-15-10-17(22-26-15)19(24)20-11-14-6-4-5-9-25-14/h2-3,7-8,10,14H,4-6,9,11-12H2,1H3,(H,20,24)/t14-/m1/s1. The lowest BCUT2D eigenvalue weighted by atomic mass is 10.1. The number of amides is 1. The van der Waals surface area contributed by atoms with Gasteiger partial charge in [-0.15, -0.1) is 0 Å². The Morgan fingerprint density at radius 1 is 1.35 bits per heavy atom. The van der Waals surface area contributed by atoms with Gasteiger partial charge in [0.25, 0.3) is 5.91 Å². The average Bonchev–Trinajstić information content (AvgIpc) is 3.26. The molecule has 7 heteroatoms. The van der Waals surface area contributed by atoms with E-state index in [1.807, 2.05) is 35.8 Å². The number of para-hydroxylation sites is 2. The van der Waals surface area contributed by atoms with Crippen molar-refractivity contribution < 1.29 is 14.1 Å². The summed E-state index contributed by atoms with van der Waals surface area (Å²) in [4.78, 5) is 16.8. The molecule has 3 heterocycles. The average molecular weight is 354 g/mol. The maximum atomic E-state index is 12.3. The molecular formula is C19H22N4O3. The number of nitrogens with one attached hydrogen (secondary N) is 1. The second kappa shape index (κ2) is 7.29. The first kappa shape index (κ1) is 16.8. The van der Waals surface area contributed by atoms with Crippen molar-refractivity contribution in [2.75, 3.05) is 13.2 Å². The van der Waals surface area contributed by atoms with Gasteiger partial charge >= 0.3 is 0 Å². The molecule has 1 N–H and O–H groups in total. The van der Waals surface area contributed by atoms with E-state index in [1.165, 1.54) is 0 Å². The molecule has 1 saturated heterocycles. The number of rotatable bonds is 5. The van der Waals surface area contributed by atoms with Gasteiger partial charge in [-0.2, -0.15) is 0 Å². The summed E-state index contributed by atoms with van der Waals surface area (Å²) in [5, 5.41) is 6.78. The molecule has 7 nitrogen and oxygen atoms in total. The van der Waals surface area contributed by atoms with Crippen LogP contribution in [0.4, 0.5) is 0 Å². The number of nitrogens with zero attached hydrogens (tertiary/aromatic N) is 3. The fraction of sp³-hybridized carbons (Fsp3) is 0.421. The van der Waals surface area contributed by atoms with Crippen molar-refractivity contribution in [2.24, 2.45) is 0 Å². The SMILES string of the molecule is Cc1nc2ccccc2n1Cc1cc(C(=O)NC[C@H]2CCCCO2)no1. The smallest absolute Gasteiger partial charge is 0.273 e. The molecule has 1 aliphatic heterocycles. The van der Waals surface area contributed by atoms with E-state index in [2.05, 4.69) is 15.5 Å². The highest BCUT2D eigenvalue weighted by molar-refractivity contribution is 5.92. The normalized spacial score (nSPS) is 17.5. The van der Waals surface area contributed by atoms with E-state index in [4.69, 9.17) is 9.26 Å². The fourth-order valence-electron chi connectivity index (χ4n) is 3.31. The first-order chi connectivity index (χ1) is 12.7. The van der Waals surface area contributed by atoms with Crippen LogP contribution in [0.1, 0.15) is 41.3 Å². The predicted molar refractivity (Wildman–Crippen MR) is 96.0 cm³/mol. The number of imidazole rings is 1. The largest absolute Gasteiger partial charge is 0.376 e. The topological polar surface area (TPSA) is 82.2 Å². The van der Waals surface area contributed by atoms with Crippen molar-refractivity contribution >= 4 is 16.9 Å². The molecule has 0 bridgehead atoms. The first-order valence-corrected chi connectivity index (χ1v) is 8.98. The molecule has 1 amide bonds. The minimum absolute atomic E-state index is 0.0963. The summed E-state index contributed by atoms with van der Waals surface area (Å²) in [7, 11) is 0. The Labute approximate surface area is 151 Å². The summed E-state index contributed by atoms with van der Waals surface area (Å²) in [5.41, 5.74) is 2.26. The Morgan fingerprint density at radius 3 is 3.08 bits per heavy atom. The Morgan fingerprint density at radius 2 is 2.23 bits per heavy atom. The molecule has 0 saturated carbocycles. The lowest BCUT2D eigenvalue weighted by molar-refractivity contribution is 0.0168. The van der Waals surface area contributed by atoms with Crippen molar-refractivity contribution in [1.82, 2.24) is 20.0 Å². The summed E-state index contributed by atoms with van der Waals surface area (Å²) in [6, 6.07) is 9.62. The highest BCUT2D eigenvalue weighted by Gasteiger charge is 2.18. The van der Waals surface area contributed by atoms with Crippen LogP contribution in [-0.2, 0) is 11.3 Å². The van der Waals surface area contributed by atoms with Crippen LogP contribution in [0.3, 0.4) is 0 Å². The molecule has 1 fully saturated rings. The van der Waals surface area contributed by atoms with Crippen LogP contribution in [-0.4, -0.2) is 39.9 Å². The number of hydrogen-bond acceptors (Lipinski definition) is 5. The summed E-state index contributed by atoms with van der Waals surface area (Å²) in [6.45, 7) is 3.71. The molecule has 1 aromatic carbocycles. The summed E-state index contributed by atoms with van der Waals surface area (Å²) in [5.74, 6) is 1.28. The zero-order valence-corrected chi connectivity index (χ0v) is 14.8. The molecule has 3 aromatic rings. The van der Waals surface area contributed by atoms with Gasteiger partial charge in [0.1, 0.15) is 5.82 Å². The Balaban J connectivity index is 1.42. The number of ether oxygens (including phenoxy) is 1. The third-order valence-electron chi connectivity index (χ3n) is 4.72. The highest BCUT2D eigenvalue weighted by Crippen LogP contribution is 2.18. The van der Waals surface area contributed by atoms with E-state index in [0.29, 0.717) is 18.8 Å². The molecule has 26 heavy (non-hydrogen) atoms. The lowest BCUT2D eigenvalue weighted by Crippen LogP contribution is -2.35. The number of benzene rings is 1. The molecule has 0 spiro atoms. The molecule has 2 aromatic heterocycles. The van der Waals surface area contributed by atoms with Crippen LogP contribution >= 0.6 is 0 Å². The molecule has 136 valence electrons. The molecule has 0 aliphatic carbocycles. The van der Waals surface area contributed by atoms with E-state index in [1.54, 1.807) is 6.07 Å². The van der Waals surface area contributed by atoms with Gasteiger partial charge in [-0.25, -0.2) is 4.98 Å². The van der Waals surface area contributed by atoms with Gasteiger partial charge < -0.3 is 19.1 Å². The van der Waals surface area contributed by atoms with Gasteiger partial charge in [0, 0.05) is 19.2 Å². The van der Waals surface area contributed by atoms with Crippen LogP contribution in [0.2, 0.25) is 0 Å². The van der Waals surface area contributed by atoms with Gasteiger partial charge in [-0.3, -0.25) is 4.79 Å². The highest BCUT2D eigenvalue weighted by atomic mass is 16.5. The van der Waals surface area contributed by atoms with E-state index >= 15 is 0 Å². The van der Waals surface area contributed by atoms with Crippen molar-refractivity contribution in [3.05, 3.63) is 47.6 Å². The third kappa shape index (κ3) is 3.48. The third-order valence-corrected chi connectivity index (χ3v) is 4.72. The molecule has 1 aliphatic rings. The predicted octanol–water partition coefficient (Wildman–Crippen LogP) is 2.68. The van der Waals surface area contributed by atoms with Crippen molar-refractivity contribution in [3.63, 3.8) is 0 Å². The second-order valence-corrected chi connectivity index (χ2v) is 6.61. The van der Waals surface area contributed by atoms with Crippen molar-refractivity contribution in [1.29, 1.82) is 0 Å². The number of fused-ring (bicyclic) bond motifs is 1. The van der Waals surface area contributed by atoms with Crippen LogP contribution in [0.5, 0.6) is 0 Å². The molecule has 4 rings (SSSR count). The number of aromatic nitrogens is 3. The number of hydrogen-bond donors (Lipinski definition) is 1. The zero-order valence-electron chi connectivity index (χ0n) is 14.8. The van der Waals surface area contributed by atoms with Gasteiger partial charge in [-0.1, -0.05) is 17.3 Å². The van der Waals surface area contributed by atoms with E-state index in [-0.39, 0.29) is 17.7 Å². The number of carbonyl (C=O) groups excluding carboxylic acids is 1. The monoisotopic (exact) mass is 354 g/mol. The molecule has 1 atom stereocenters.